The van der Waals surface area contributed by atoms with Crippen LogP contribution in [0.15, 0.2) is 18.2 Å². The van der Waals surface area contributed by atoms with Gasteiger partial charge in [0.15, 0.2) is 0 Å². The molecular formula is C19H24FN5O2. The smallest absolute Gasteiger partial charge is 0.246 e. The minimum absolute atomic E-state index is 0.0768. The highest BCUT2D eigenvalue weighted by atomic mass is 19.1. The number of halogens is 1. The van der Waals surface area contributed by atoms with Gasteiger partial charge in [0.25, 0.3) is 0 Å². The Morgan fingerprint density at radius 3 is 2.96 bits per heavy atom. The summed E-state index contributed by atoms with van der Waals surface area (Å²) >= 11 is 0. The summed E-state index contributed by atoms with van der Waals surface area (Å²) in [4.78, 5) is 19.3. The predicted octanol–water partition coefficient (Wildman–Crippen LogP) is 2.76. The maximum atomic E-state index is 13.2. The molecule has 0 bridgehead atoms. The van der Waals surface area contributed by atoms with Crippen molar-refractivity contribution in [1.82, 2.24) is 25.1 Å². The van der Waals surface area contributed by atoms with E-state index in [2.05, 4.69) is 27.3 Å². The standard InChI is InChI=1S/C19H24FN5O2/c1-4-7-25-13(3)15(12(2)24-25)9-21-19(26)11-27-10-18-22-16-6-5-14(20)8-17(16)23-18/h5-6,8H,4,7,9-11H2,1-3H3,(H,21,26)(H,22,23). The second-order valence-corrected chi connectivity index (χ2v) is 6.49. The van der Waals surface area contributed by atoms with Gasteiger partial charge < -0.3 is 15.0 Å². The van der Waals surface area contributed by atoms with Gasteiger partial charge in [0.1, 0.15) is 24.9 Å². The van der Waals surface area contributed by atoms with Crippen LogP contribution in [-0.2, 0) is 29.2 Å². The number of hydrogen-bond acceptors (Lipinski definition) is 4. The molecule has 0 radical (unpaired) electrons. The molecule has 144 valence electrons. The predicted molar refractivity (Wildman–Crippen MR) is 99.5 cm³/mol. The van der Waals surface area contributed by atoms with Gasteiger partial charge in [-0.1, -0.05) is 6.92 Å². The molecule has 3 aromatic rings. The van der Waals surface area contributed by atoms with Gasteiger partial charge in [-0.25, -0.2) is 9.37 Å². The molecule has 1 amide bonds. The third-order valence-corrected chi connectivity index (χ3v) is 4.39. The van der Waals surface area contributed by atoms with Gasteiger partial charge in [-0.3, -0.25) is 9.48 Å². The molecule has 0 fully saturated rings. The lowest BCUT2D eigenvalue weighted by Crippen LogP contribution is -2.27. The summed E-state index contributed by atoms with van der Waals surface area (Å²) in [7, 11) is 0. The highest BCUT2D eigenvalue weighted by Gasteiger charge is 2.12. The third kappa shape index (κ3) is 4.51. The van der Waals surface area contributed by atoms with Crippen molar-refractivity contribution in [1.29, 1.82) is 0 Å². The molecule has 2 heterocycles. The first kappa shape index (κ1) is 19.0. The maximum Gasteiger partial charge on any atom is 0.246 e. The molecule has 0 aliphatic carbocycles. The largest absolute Gasteiger partial charge is 0.364 e. The van der Waals surface area contributed by atoms with Crippen LogP contribution in [0.3, 0.4) is 0 Å². The summed E-state index contributed by atoms with van der Waals surface area (Å²) in [5.41, 5.74) is 4.31. The van der Waals surface area contributed by atoms with E-state index in [1.54, 1.807) is 6.07 Å². The Balaban J connectivity index is 1.48. The van der Waals surface area contributed by atoms with Crippen molar-refractivity contribution in [3.8, 4) is 0 Å². The molecule has 0 aliphatic heterocycles. The number of carbonyl (C=O) groups is 1. The Morgan fingerprint density at radius 2 is 2.19 bits per heavy atom. The second kappa shape index (κ2) is 8.30. The van der Waals surface area contributed by atoms with E-state index >= 15 is 0 Å². The fourth-order valence-corrected chi connectivity index (χ4v) is 3.00. The number of aromatic amines is 1. The van der Waals surface area contributed by atoms with E-state index in [4.69, 9.17) is 4.74 Å². The lowest BCUT2D eigenvalue weighted by atomic mass is 10.2. The number of hydrogen-bond donors (Lipinski definition) is 2. The highest BCUT2D eigenvalue weighted by Crippen LogP contribution is 2.14. The molecule has 0 saturated carbocycles. The molecular weight excluding hydrogens is 349 g/mol. The summed E-state index contributed by atoms with van der Waals surface area (Å²) in [6.45, 7) is 7.43. The van der Waals surface area contributed by atoms with Gasteiger partial charge in [-0.15, -0.1) is 0 Å². The first-order valence-corrected chi connectivity index (χ1v) is 8.99. The first-order chi connectivity index (χ1) is 13.0. The molecule has 7 nitrogen and oxygen atoms in total. The molecule has 0 unspecified atom stereocenters. The number of nitrogens with zero attached hydrogens (tertiary/aromatic N) is 3. The molecule has 8 heteroatoms. The fourth-order valence-electron chi connectivity index (χ4n) is 3.00. The summed E-state index contributed by atoms with van der Waals surface area (Å²) in [6.07, 6.45) is 1.01. The van der Waals surface area contributed by atoms with Crippen molar-refractivity contribution in [2.75, 3.05) is 6.61 Å². The fraction of sp³-hybridized carbons (Fsp3) is 0.421. The average molecular weight is 373 g/mol. The number of imidazole rings is 1. The number of rotatable bonds is 8. The van der Waals surface area contributed by atoms with E-state index in [-0.39, 0.29) is 24.9 Å². The molecule has 3 rings (SSSR count). The number of carbonyl (C=O) groups excluding carboxylic acids is 1. The number of amides is 1. The van der Waals surface area contributed by atoms with E-state index in [9.17, 15) is 9.18 Å². The lowest BCUT2D eigenvalue weighted by Gasteiger charge is -2.07. The Labute approximate surface area is 156 Å². The third-order valence-electron chi connectivity index (χ3n) is 4.39. The molecule has 0 saturated heterocycles. The average Bonchev–Trinajstić information content (AvgIpc) is 3.14. The van der Waals surface area contributed by atoms with Crippen molar-refractivity contribution in [2.24, 2.45) is 0 Å². The molecule has 27 heavy (non-hydrogen) atoms. The number of nitrogens with one attached hydrogen (secondary N) is 2. The number of aromatic nitrogens is 4. The molecule has 0 spiro atoms. The second-order valence-electron chi connectivity index (χ2n) is 6.49. The molecule has 2 N–H and O–H groups in total. The van der Waals surface area contributed by atoms with Crippen LogP contribution >= 0.6 is 0 Å². The van der Waals surface area contributed by atoms with Gasteiger partial charge in [0.05, 0.1) is 16.7 Å². The minimum atomic E-state index is -0.328. The van der Waals surface area contributed by atoms with Crippen LogP contribution in [0.2, 0.25) is 0 Å². The van der Waals surface area contributed by atoms with Gasteiger partial charge in [-0.05, 0) is 38.5 Å². The zero-order valence-electron chi connectivity index (χ0n) is 15.8. The molecule has 1 aromatic carbocycles. The molecule has 0 aliphatic rings. The van der Waals surface area contributed by atoms with Crippen molar-refractivity contribution in [3.63, 3.8) is 0 Å². The molecule has 2 aromatic heterocycles. The van der Waals surface area contributed by atoms with E-state index in [0.717, 1.165) is 29.9 Å². The zero-order valence-corrected chi connectivity index (χ0v) is 15.8. The van der Waals surface area contributed by atoms with E-state index < -0.39 is 0 Å². The van der Waals surface area contributed by atoms with Crippen LogP contribution in [-0.4, -0.2) is 32.3 Å². The Morgan fingerprint density at radius 1 is 1.37 bits per heavy atom. The number of H-pyrrole nitrogens is 1. The maximum absolute atomic E-state index is 13.2. The monoisotopic (exact) mass is 373 g/mol. The van der Waals surface area contributed by atoms with Crippen molar-refractivity contribution < 1.29 is 13.9 Å². The highest BCUT2D eigenvalue weighted by molar-refractivity contribution is 5.77. The number of aryl methyl sites for hydroxylation is 2. The van der Waals surface area contributed by atoms with Crippen LogP contribution < -0.4 is 5.32 Å². The van der Waals surface area contributed by atoms with Gasteiger partial charge in [0.2, 0.25) is 5.91 Å². The first-order valence-electron chi connectivity index (χ1n) is 8.99. The normalized spacial score (nSPS) is 11.3. The van der Waals surface area contributed by atoms with Crippen LogP contribution in [0.25, 0.3) is 11.0 Å². The van der Waals surface area contributed by atoms with Crippen molar-refractivity contribution >= 4 is 16.9 Å². The lowest BCUT2D eigenvalue weighted by molar-refractivity contribution is -0.126. The van der Waals surface area contributed by atoms with Crippen LogP contribution in [0.4, 0.5) is 4.39 Å². The van der Waals surface area contributed by atoms with E-state index in [1.165, 1.54) is 12.1 Å². The summed E-state index contributed by atoms with van der Waals surface area (Å²) in [6, 6.07) is 4.33. The van der Waals surface area contributed by atoms with Gasteiger partial charge >= 0.3 is 0 Å². The summed E-state index contributed by atoms with van der Waals surface area (Å²) < 4.78 is 20.6. The van der Waals surface area contributed by atoms with Gasteiger partial charge in [-0.2, -0.15) is 5.10 Å². The van der Waals surface area contributed by atoms with Crippen molar-refractivity contribution in [2.45, 2.75) is 46.9 Å². The van der Waals surface area contributed by atoms with Crippen LogP contribution in [0.5, 0.6) is 0 Å². The van der Waals surface area contributed by atoms with Crippen molar-refractivity contribution in [3.05, 3.63) is 46.8 Å². The topological polar surface area (TPSA) is 84.8 Å². The number of ether oxygens (including phenoxy) is 1. The molecule has 0 atom stereocenters. The summed E-state index contributed by atoms with van der Waals surface area (Å²) in [5, 5.41) is 7.36. The number of benzene rings is 1. The zero-order chi connectivity index (χ0) is 19.4. The van der Waals surface area contributed by atoms with Crippen LogP contribution in [0, 0.1) is 19.7 Å². The van der Waals surface area contributed by atoms with E-state index in [1.807, 2.05) is 18.5 Å². The Hall–Kier alpha value is -2.74. The summed E-state index contributed by atoms with van der Waals surface area (Å²) in [5.74, 6) is 0.0148. The SMILES string of the molecule is CCCn1nc(C)c(CNC(=O)COCc2nc3ccc(F)cc3[nH]2)c1C. The Bertz CT molecular complexity index is 947. The number of fused-ring (bicyclic) bond motifs is 1. The van der Waals surface area contributed by atoms with Gasteiger partial charge in [0, 0.05) is 24.3 Å². The van der Waals surface area contributed by atoms with Crippen LogP contribution in [0.1, 0.15) is 36.1 Å². The quantitative estimate of drug-likeness (QED) is 0.636. The Kier molecular flexibility index (Phi) is 5.85. The minimum Gasteiger partial charge on any atom is -0.364 e. The van der Waals surface area contributed by atoms with E-state index in [0.29, 0.717) is 23.4 Å².